The van der Waals surface area contributed by atoms with Crippen LogP contribution in [-0.2, 0) is 27.8 Å². The first kappa shape index (κ1) is 33.2. The second-order valence-electron chi connectivity index (χ2n) is 14.5. The minimum absolute atomic E-state index is 0.00346. The molecule has 8 heteroatoms. The van der Waals surface area contributed by atoms with Gasteiger partial charge in [-0.05, 0) is 61.8 Å². The zero-order valence-electron chi connectivity index (χ0n) is 28.3. The molecule has 4 aliphatic rings. The minimum Gasteiger partial charge on any atom is -0.485 e. The highest BCUT2D eigenvalue weighted by molar-refractivity contribution is 5.96. The molecule has 2 heterocycles. The lowest BCUT2D eigenvalue weighted by atomic mass is 9.51. The third-order valence-corrected chi connectivity index (χ3v) is 11.8. The van der Waals surface area contributed by atoms with E-state index in [2.05, 4.69) is 18.1 Å². The van der Waals surface area contributed by atoms with Gasteiger partial charge in [0.2, 0.25) is 0 Å². The number of rotatable bonds is 13. The number of ketones is 1. The van der Waals surface area contributed by atoms with Crippen molar-refractivity contribution in [3.63, 3.8) is 0 Å². The monoisotopic (exact) mass is 663 g/mol. The van der Waals surface area contributed by atoms with Gasteiger partial charge in [0.1, 0.15) is 25.2 Å². The number of aryl methyl sites for hydroxylation is 1. The molecule has 2 aliphatic carbocycles. The number of piperidine rings is 1. The standard InChI is InChI=1S/C41H46N2O6/c1-3-24-43(25-23-41-32-15-10-16-37(41)49-39-36(48-27(2)44)22-18-30(38(39)41)26-33(32)43)42-40(47)31(19-17-28-11-6-4-7-12-28)35(46)21-20-34(45)29-13-8-5-9-14-29/h3-9,11-14,18,22,31-33,35,37,46H,1,10,15-17,19-21,23-26H2,2H3/p+1/t31?,32-,33+,35?,37-,41+,43?/m0/s1. The van der Waals surface area contributed by atoms with Crippen molar-refractivity contribution in [2.24, 2.45) is 11.8 Å². The Balaban J connectivity index is 1.17. The molecule has 1 spiro atoms. The number of hydrogen-bond donors (Lipinski definition) is 2. The van der Waals surface area contributed by atoms with E-state index in [1.54, 1.807) is 12.1 Å². The fraction of sp³-hybridized carbons (Fsp3) is 0.439. The van der Waals surface area contributed by atoms with Gasteiger partial charge in [0.15, 0.2) is 17.3 Å². The summed E-state index contributed by atoms with van der Waals surface area (Å²) in [6, 6.07) is 23.2. The second-order valence-corrected chi connectivity index (χ2v) is 14.5. The molecule has 8 nitrogen and oxygen atoms in total. The molecule has 3 unspecified atom stereocenters. The van der Waals surface area contributed by atoms with Crippen LogP contribution in [0.2, 0.25) is 0 Å². The molecule has 2 aliphatic heterocycles. The van der Waals surface area contributed by atoms with Crippen LogP contribution in [0.1, 0.15) is 78.9 Å². The highest BCUT2D eigenvalue weighted by atomic mass is 16.6. The average molecular weight is 664 g/mol. The Morgan fingerprint density at radius 1 is 1.06 bits per heavy atom. The van der Waals surface area contributed by atoms with Crippen molar-refractivity contribution in [3.8, 4) is 11.5 Å². The maximum absolute atomic E-state index is 14.6. The van der Waals surface area contributed by atoms with Gasteiger partial charge >= 0.3 is 5.97 Å². The molecule has 3 aromatic carbocycles. The van der Waals surface area contributed by atoms with Gasteiger partial charge in [-0.15, -0.1) is 0 Å². The third kappa shape index (κ3) is 5.99. The Kier molecular flexibility index (Phi) is 9.20. The van der Waals surface area contributed by atoms with Crippen LogP contribution < -0.4 is 14.9 Å². The molecule has 0 aromatic heterocycles. The molecule has 1 saturated carbocycles. The molecule has 7 rings (SSSR count). The lowest BCUT2D eigenvalue weighted by molar-refractivity contribution is -0.989. The first-order chi connectivity index (χ1) is 23.8. The maximum atomic E-state index is 14.6. The first-order valence-electron chi connectivity index (χ1n) is 17.9. The van der Waals surface area contributed by atoms with Crippen LogP contribution in [0.25, 0.3) is 0 Å². The smallest absolute Gasteiger partial charge is 0.308 e. The predicted molar refractivity (Wildman–Crippen MR) is 186 cm³/mol. The van der Waals surface area contributed by atoms with Gasteiger partial charge < -0.3 is 14.6 Å². The number of quaternary nitrogens is 1. The van der Waals surface area contributed by atoms with Crippen molar-refractivity contribution in [1.82, 2.24) is 5.43 Å². The number of carbonyl (C=O) groups is 3. The quantitative estimate of drug-likeness (QED) is 0.0760. The predicted octanol–water partition coefficient (Wildman–Crippen LogP) is 6.05. The number of amides is 1. The maximum Gasteiger partial charge on any atom is 0.308 e. The third-order valence-electron chi connectivity index (χ3n) is 11.8. The number of aliphatic hydroxyl groups excluding tert-OH is 1. The van der Waals surface area contributed by atoms with Crippen molar-refractivity contribution < 1.29 is 33.6 Å². The fourth-order valence-corrected chi connectivity index (χ4v) is 9.67. The molecule has 1 amide bonds. The number of nitrogens with one attached hydrogen (secondary N) is 1. The van der Waals surface area contributed by atoms with Crippen molar-refractivity contribution in [3.05, 3.63) is 108 Å². The van der Waals surface area contributed by atoms with Crippen LogP contribution in [-0.4, -0.2) is 58.7 Å². The summed E-state index contributed by atoms with van der Waals surface area (Å²) in [5.41, 5.74) is 7.45. The Bertz CT molecular complexity index is 1730. The average Bonchev–Trinajstić information content (AvgIpc) is 3.45. The van der Waals surface area contributed by atoms with Crippen molar-refractivity contribution in [2.45, 2.75) is 88.4 Å². The largest absolute Gasteiger partial charge is 0.485 e. The van der Waals surface area contributed by atoms with Crippen LogP contribution in [0.4, 0.5) is 0 Å². The molecule has 2 fully saturated rings. The van der Waals surface area contributed by atoms with Crippen molar-refractivity contribution >= 4 is 17.7 Å². The lowest BCUT2D eigenvalue weighted by Crippen LogP contribution is -2.77. The normalized spacial score (nSPS) is 27.2. The van der Waals surface area contributed by atoms with E-state index in [9.17, 15) is 19.5 Å². The summed E-state index contributed by atoms with van der Waals surface area (Å²) in [4.78, 5) is 39.5. The number of carbonyl (C=O) groups excluding carboxylic acids is 3. The molecule has 1 saturated heterocycles. The SMILES string of the molecule is C=CC[N+]1(NC(=O)C(CCc2ccccc2)C(O)CCC(=O)c2ccccc2)CC[C@]23c4c5ccc(OC(C)=O)c4O[C@H]2CCC[C@H]3[C@H]1C5. The summed E-state index contributed by atoms with van der Waals surface area (Å²) in [5.74, 6) is 0.212. The minimum atomic E-state index is -0.979. The van der Waals surface area contributed by atoms with Gasteiger partial charge in [-0.3, -0.25) is 14.4 Å². The highest BCUT2D eigenvalue weighted by Crippen LogP contribution is 2.64. The van der Waals surface area contributed by atoms with E-state index in [4.69, 9.17) is 9.47 Å². The van der Waals surface area contributed by atoms with E-state index in [0.29, 0.717) is 41.8 Å². The summed E-state index contributed by atoms with van der Waals surface area (Å²) >= 11 is 0. The van der Waals surface area contributed by atoms with Crippen molar-refractivity contribution in [2.75, 3.05) is 13.1 Å². The Hall–Kier alpha value is -4.27. The molecule has 49 heavy (non-hydrogen) atoms. The first-order valence-corrected chi connectivity index (χ1v) is 17.9. The Morgan fingerprint density at radius 2 is 1.82 bits per heavy atom. The van der Waals surface area contributed by atoms with Gasteiger partial charge in [0.05, 0.1) is 17.4 Å². The van der Waals surface area contributed by atoms with E-state index in [-0.39, 0.29) is 54.0 Å². The molecular formula is C41H47N2O6+. The van der Waals surface area contributed by atoms with E-state index >= 15 is 0 Å². The van der Waals surface area contributed by atoms with Gasteiger partial charge in [0, 0.05) is 43.2 Å². The highest BCUT2D eigenvalue weighted by Gasteiger charge is 2.68. The second kappa shape index (κ2) is 13.6. The summed E-state index contributed by atoms with van der Waals surface area (Å²) < 4.78 is 12.7. The number of aliphatic hydroxyl groups is 1. The Morgan fingerprint density at radius 3 is 2.55 bits per heavy atom. The van der Waals surface area contributed by atoms with Gasteiger partial charge in [-0.25, -0.2) is 10.0 Å². The number of esters is 1. The molecule has 256 valence electrons. The summed E-state index contributed by atoms with van der Waals surface area (Å²) in [7, 11) is 0. The summed E-state index contributed by atoms with van der Waals surface area (Å²) in [6.45, 7) is 6.81. The number of benzene rings is 3. The van der Waals surface area contributed by atoms with E-state index in [0.717, 1.165) is 43.4 Å². The zero-order chi connectivity index (χ0) is 34.2. The number of ether oxygens (including phenoxy) is 2. The van der Waals surface area contributed by atoms with E-state index in [1.165, 1.54) is 18.1 Å². The lowest BCUT2D eigenvalue weighted by Gasteiger charge is -2.60. The summed E-state index contributed by atoms with van der Waals surface area (Å²) in [6.07, 6.45) is 6.96. The van der Waals surface area contributed by atoms with Gasteiger partial charge in [-0.1, -0.05) is 73.3 Å². The number of Topliss-reactive ketones (excluding diaryl/α,β-unsaturated/α-hetero) is 1. The van der Waals surface area contributed by atoms with Crippen LogP contribution in [0, 0.1) is 11.8 Å². The Labute approximate surface area is 288 Å². The van der Waals surface area contributed by atoms with Gasteiger partial charge in [0.25, 0.3) is 5.91 Å². The van der Waals surface area contributed by atoms with Crippen LogP contribution in [0.5, 0.6) is 11.5 Å². The zero-order valence-corrected chi connectivity index (χ0v) is 28.3. The fourth-order valence-electron chi connectivity index (χ4n) is 9.67. The molecule has 7 atom stereocenters. The van der Waals surface area contributed by atoms with Crippen molar-refractivity contribution in [1.29, 1.82) is 0 Å². The van der Waals surface area contributed by atoms with E-state index < -0.39 is 12.0 Å². The van der Waals surface area contributed by atoms with Crippen LogP contribution >= 0.6 is 0 Å². The molecule has 2 N–H and O–H groups in total. The number of hydrogen-bond acceptors (Lipinski definition) is 6. The topological polar surface area (TPSA) is 102 Å². The number of likely N-dealkylation sites (tertiary alicyclic amines) is 1. The summed E-state index contributed by atoms with van der Waals surface area (Å²) in [5, 5.41) is 11.6. The molecular weight excluding hydrogens is 616 g/mol. The van der Waals surface area contributed by atoms with Gasteiger partial charge in [-0.2, -0.15) is 0 Å². The van der Waals surface area contributed by atoms with E-state index in [1.807, 2.05) is 60.7 Å². The molecule has 0 radical (unpaired) electrons. The molecule has 2 bridgehead atoms. The molecule has 3 aromatic rings. The van der Waals surface area contributed by atoms with Crippen LogP contribution in [0.15, 0.2) is 85.5 Å². The van der Waals surface area contributed by atoms with Crippen LogP contribution in [0.3, 0.4) is 0 Å². The number of nitrogens with zero attached hydrogens (tertiary/aromatic N) is 1.